The van der Waals surface area contributed by atoms with Gasteiger partial charge in [0.2, 0.25) is 0 Å². The molecule has 0 atom stereocenters. The van der Waals surface area contributed by atoms with Gasteiger partial charge in [0.15, 0.2) is 23.3 Å². The fraction of sp³-hybridized carbons (Fsp3) is 0.133. The van der Waals surface area contributed by atoms with Crippen LogP contribution in [0, 0.1) is 23.3 Å². The van der Waals surface area contributed by atoms with E-state index in [0.717, 1.165) is 0 Å². The molecule has 0 radical (unpaired) electrons. The third-order valence-electron chi connectivity index (χ3n) is 3.21. The second-order valence-corrected chi connectivity index (χ2v) is 4.82. The second kappa shape index (κ2) is 6.61. The molecule has 2 aromatic rings. The number of aromatic carboxylic acids is 1. The SMILES string of the molecule is O=C(O)c1c(F)c(F)c(N(Cc2ccccc2)C(F)(F)F)c(F)c1F. The predicted octanol–water partition coefficient (Wildman–Crippen LogP) is 4.47. The molecule has 134 valence electrons. The topological polar surface area (TPSA) is 40.5 Å². The predicted molar refractivity (Wildman–Crippen MR) is 71.9 cm³/mol. The summed E-state index contributed by atoms with van der Waals surface area (Å²) < 4.78 is 94.9. The average molecular weight is 367 g/mol. The third kappa shape index (κ3) is 3.52. The van der Waals surface area contributed by atoms with Crippen LogP contribution in [0.4, 0.5) is 36.4 Å². The van der Waals surface area contributed by atoms with Crippen LogP contribution in [0.3, 0.4) is 0 Å². The summed E-state index contributed by atoms with van der Waals surface area (Å²) in [6.45, 7) is -1.15. The summed E-state index contributed by atoms with van der Waals surface area (Å²) in [6.07, 6.45) is -5.40. The van der Waals surface area contributed by atoms with Gasteiger partial charge in [-0.2, -0.15) is 13.2 Å². The molecule has 0 aliphatic rings. The fourth-order valence-corrected chi connectivity index (χ4v) is 2.11. The lowest BCUT2D eigenvalue weighted by Gasteiger charge is -2.28. The van der Waals surface area contributed by atoms with Gasteiger partial charge in [-0.1, -0.05) is 30.3 Å². The highest BCUT2D eigenvalue weighted by molar-refractivity contribution is 5.89. The maximum Gasteiger partial charge on any atom is 0.485 e. The zero-order valence-electron chi connectivity index (χ0n) is 12.0. The number of hydrogen-bond donors (Lipinski definition) is 1. The Morgan fingerprint density at radius 1 is 0.920 bits per heavy atom. The molecule has 0 saturated heterocycles. The van der Waals surface area contributed by atoms with Gasteiger partial charge in [-0.25, -0.2) is 22.4 Å². The highest BCUT2D eigenvalue weighted by atomic mass is 19.4. The van der Waals surface area contributed by atoms with Crippen LogP contribution in [-0.2, 0) is 6.54 Å². The Morgan fingerprint density at radius 3 is 1.80 bits per heavy atom. The number of carboxylic acid groups (broad SMARTS) is 1. The lowest BCUT2D eigenvalue weighted by atomic mass is 10.1. The largest absolute Gasteiger partial charge is 0.485 e. The molecule has 0 saturated carbocycles. The van der Waals surface area contributed by atoms with Gasteiger partial charge >= 0.3 is 12.3 Å². The molecule has 0 spiro atoms. The van der Waals surface area contributed by atoms with E-state index in [1.54, 1.807) is 0 Å². The highest BCUT2D eigenvalue weighted by Crippen LogP contribution is 2.37. The summed E-state index contributed by atoms with van der Waals surface area (Å²) in [6, 6.07) is 6.58. The molecule has 0 aliphatic heterocycles. The Morgan fingerprint density at radius 2 is 1.40 bits per heavy atom. The van der Waals surface area contributed by atoms with Crippen LogP contribution in [-0.4, -0.2) is 17.4 Å². The van der Waals surface area contributed by atoms with Crippen LogP contribution >= 0.6 is 0 Å². The number of nitrogens with zero attached hydrogens (tertiary/aromatic N) is 1. The number of carbonyl (C=O) groups is 1. The molecule has 10 heteroatoms. The van der Waals surface area contributed by atoms with Crippen molar-refractivity contribution in [3.8, 4) is 0 Å². The number of carboxylic acids is 1. The number of anilines is 1. The van der Waals surface area contributed by atoms with Crippen molar-refractivity contribution in [3.63, 3.8) is 0 Å². The van der Waals surface area contributed by atoms with Crippen molar-refractivity contribution in [1.29, 1.82) is 0 Å². The smallest absolute Gasteiger partial charge is 0.477 e. The summed E-state index contributed by atoms with van der Waals surface area (Å²) in [4.78, 5) is 9.82. The number of benzene rings is 2. The van der Waals surface area contributed by atoms with Gasteiger partial charge in [0, 0.05) is 0 Å². The first kappa shape index (κ1) is 18.6. The van der Waals surface area contributed by atoms with Crippen molar-refractivity contribution in [3.05, 3.63) is 64.7 Å². The number of halogens is 7. The van der Waals surface area contributed by atoms with E-state index < -0.39 is 58.2 Å². The van der Waals surface area contributed by atoms with Crippen molar-refractivity contribution in [2.24, 2.45) is 0 Å². The minimum absolute atomic E-state index is 0.0539. The van der Waals surface area contributed by atoms with Crippen molar-refractivity contribution >= 4 is 11.7 Å². The molecule has 0 amide bonds. The molecule has 1 N–H and O–H groups in total. The van der Waals surface area contributed by atoms with Crippen LogP contribution in [0.15, 0.2) is 30.3 Å². The zero-order valence-corrected chi connectivity index (χ0v) is 12.0. The summed E-state index contributed by atoms with van der Waals surface area (Å²) in [7, 11) is 0. The number of alkyl halides is 3. The zero-order chi connectivity index (χ0) is 18.9. The molecule has 25 heavy (non-hydrogen) atoms. The molecule has 0 unspecified atom stereocenters. The van der Waals surface area contributed by atoms with Crippen molar-refractivity contribution < 1.29 is 40.6 Å². The van der Waals surface area contributed by atoms with Crippen LogP contribution < -0.4 is 4.90 Å². The molecular weight excluding hydrogens is 359 g/mol. The molecule has 2 rings (SSSR count). The molecule has 0 aromatic heterocycles. The third-order valence-corrected chi connectivity index (χ3v) is 3.21. The lowest BCUT2D eigenvalue weighted by molar-refractivity contribution is -0.131. The van der Waals surface area contributed by atoms with Gasteiger partial charge in [-0.05, 0) is 5.56 Å². The van der Waals surface area contributed by atoms with Crippen molar-refractivity contribution in [2.45, 2.75) is 12.8 Å². The number of rotatable bonds is 4. The van der Waals surface area contributed by atoms with Gasteiger partial charge < -0.3 is 5.11 Å². The average Bonchev–Trinajstić information content (AvgIpc) is 2.52. The molecule has 2 aromatic carbocycles. The van der Waals surface area contributed by atoms with E-state index in [1.165, 1.54) is 30.3 Å². The van der Waals surface area contributed by atoms with E-state index >= 15 is 0 Å². The van der Waals surface area contributed by atoms with Crippen molar-refractivity contribution in [2.75, 3.05) is 4.90 Å². The van der Waals surface area contributed by atoms with Crippen LogP contribution in [0.5, 0.6) is 0 Å². The molecule has 0 heterocycles. The Balaban J connectivity index is 2.68. The Labute approximate surface area is 135 Å². The first-order valence-electron chi connectivity index (χ1n) is 6.53. The van der Waals surface area contributed by atoms with Crippen LogP contribution in [0.2, 0.25) is 0 Å². The van der Waals surface area contributed by atoms with Crippen molar-refractivity contribution in [1.82, 2.24) is 0 Å². The molecule has 3 nitrogen and oxygen atoms in total. The normalized spacial score (nSPS) is 11.5. The van der Waals surface area contributed by atoms with Gasteiger partial charge in [-0.3, -0.25) is 4.90 Å². The minimum atomic E-state index is -5.40. The molecule has 0 aliphatic carbocycles. The highest BCUT2D eigenvalue weighted by Gasteiger charge is 2.43. The van der Waals surface area contributed by atoms with Gasteiger partial charge in [-0.15, -0.1) is 0 Å². The van der Waals surface area contributed by atoms with E-state index in [2.05, 4.69) is 0 Å². The summed E-state index contributed by atoms with van der Waals surface area (Å²) in [5.41, 5.74) is -4.13. The molecular formula is C15H8F7NO2. The maximum absolute atomic E-state index is 14.0. The van der Waals surface area contributed by atoms with Gasteiger partial charge in [0.1, 0.15) is 11.3 Å². The van der Waals surface area contributed by atoms with Crippen LogP contribution in [0.1, 0.15) is 15.9 Å². The Kier molecular flexibility index (Phi) is 4.91. The summed E-state index contributed by atoms with van der Waals surface area (Å²) in [5, 5.41) is 8.57. The van der Waals surface area contributed by atoms with E-state index in [9.17, 15) is 35.5 Å². The lowest BCUT2D eigenvalue weighted by Crippen LogP contribution is -2.39. The maximum atomic E-state index is 14.0. The number of hydrogen-bond acceptors (Lipinski definition) is 2. The van der Waals surface area contributed by atoms with E-state index in [-0.39, 0.29) is 5.56 Å². The molecule has 0 fully saturated rings. The van der Waals surface area contributed by atoms with Gasteiger partial charge in [0.25, 0.3) is 0 Å². The first-order chi connectivity index (χ1) is 11.6. The monoisotopic (exact) mass is 367 g/mol. The minimum Gasteiger partial charge on any atom is -0.477 e. The van der Waals surface area contributed by atoms with Gasteiger partial charge in [0.05, 0.1) is 6.54 Å². The standard InChI is InChI=1S/C15H8F7NO2/c16-9-8(14(24)25)10(17)12(19)13(11(9)18)23(15(20,21)22)6-7-4-2-1-3-5-7/h1-5H,6H2,(H,24,25). The summed E-state index contributed by atoms with van der Waals surface area (Å²) >= 11 is 0. The molecule has 0 bridgehead atoms. The van der Waals surface area contributed by atoms with E-state index in [0.29, 0.717) is 0 Å². The van der Waals surface area contributed by atoms with Crippen LogP contribution in [0.25, 0.3) is 0 Å². The quantitative estimate of drug-likeness (QED) is 0.493. The summed E-state index contributed by atoms with van der Waals surface area (Å²) in [5.74, 6) is -12.1. The fourth-order valence-electron chi connectivity index (χ4n) is 2.11. The van der Waals surface area contributed by atoms with E-state index in [1.807, 2.05) is 0 Å². The van der Waals surface area contributed by atoms with E-state index in [4.69, 9.17) is 5.11 Å². The second-order valence-electron chi connectivity index (χ2n) is 4.82. The Hall–Kier alpha value is -2.78. The first-order valence-corrected chi connectivity index (χ1v) is 6.53. The Bertz CT molecular complexity index is 777.